The average Bonchev–Trinajstić information content (AvgIpc) is 3.58. The summed E-state index contributed by atoms with van der Waals surface area (Å²) in [5.41, 5.74) is 2.37. The number of hydrogen-bond donors (Lipinski definition) is 0. The van der Waals surface area contributed by atoms with Crippen LogP contribution < -0.4 is 5.56 Å². The number of aryl methyl sites for hydroxylation is 1. The molecule has 0 spiro atoms. The molecule has 9 heteroatoms. The van der Waals surface area contributed by atoms with Crippen LogP contribution in [0.25, 0.3) is 22.3 Å². The first-order valence-electron chi connectivity index (χ1n) is 11.9. The summed E-state index contributed by atoms with van der Waals surface area (Å²) in [5, 5.41) is 4.93. The number of pyridine rings is 1. The number of ether oxygens (including phenoxy) is 1. The number of nitrogens with zero attached hydrogens (tertiary/aromatic N) is 5. The number of benzene rings is 1. The molecule has 4 aromatic rings. The molecule has 1 saturated heterocycles. The number of hydrogen-bond acceptors (Lipinski definition) is 5. The summed E-state index contributed by atoms with van der Waals surface area (Å²) in [5.74, 6) is -0.882. The number of aromatic nitrogens is 5. The zero-order valence-electron chi connectivity index (χ0n) is 19.5. The molecule has 2 fully saturated rings. The molecule has 1 saturated carbocycles. The zero-order chi connectivity index (χ0) is 24.3. The highest BCUT2D eigenvalue weighted by atomic mass is 19.1. The Morgan fingerprint density at radius 1 is 1.11 bits per heavy atom. The van der Waals surface area contributed by atoms with E-state index in [0.717, 1.165) is 30.0 Å². The Kier molecular flexibility index (Phi) is 5.25. The van der Waals surface area contributed by atoms with Crippen molar-refractivity contribution in [1.82, 2.24) is 24.3 Å². The minimum absolute atomic E-state index is 0.0250. The molecule has 3 aromatic heterocycles. The van der Waals surface area contributed by atoms with Crippen molar-refractivity contribution in [3.63, 3.8) is 0 Å². The van der Waals surface area contributed by atoms with Gasteiger partial charge in [0.05, 0.1) is 29.4 Å². The van der Waals surface area contributed by atoms with Crippen LogP contribution in [-0.2, 0) is 11.8 Å². The van der Waals surface area contributed by atoms with Crippen LogP contribution in [0.2, 0.25) is 0 Å². The van der Waals surface area contributed by atoms with Crippen molar-refractivity contribution >= 4 is 11.0 Å². The van der Waals surface area contributed by atoms with E-state index in [2.05, 4.69) is 21.3 Å². The van der Waals surface area contributed by atoms with E-state index in [4.69, 9.17) is 4.74 Å². The van der Waals surface area contributed by atoms with Crippen LogP contribution in [0.5, 0.6) is 0 Å². The van der Waals surface area contributed by atoms with Gasteiger partial charge < -0.3 is 4.74 Å². The summed E-state index contributed by atoms with van der Waals surface area (Å²) < 4.78 is 37.8. The van der Waals surface area contributed by atoms with Gasteiger partial charge in [-0.25, -0.2) is 18.7 Å². The van der Waals surface area contributed by atoms with E-state index in [1.807, 2.05) is 10.9 Å². The number of halogens is 2. The maximum Gasteiger partial charge on any atom is 0.263 e. The van der Waals surface area contributed by atoms with Crippen LogP contribution in [0.1, 0.15) is 60.7 Å². The fourth-order valence-electron chi connectivity index (χ4n) is 4.92. The largest absolute Gasteiger partial charge is 0.373 e. The van der Waals surface area contributed by atoms with E-state index in [0.29, 0.717) is 42.4 Å². The Hall–Kier alpha value is -3.46. The van der Waals surface area contributed by atoms with Gasteiger partial charge in [0.1, 0.15) is 17.5 Å². The molecule has 35 heavy (non-hydrogen) atoms. The Bertz CT molecular complexity index is 1510. The van der Waals surface area contributed by atoms with Gasteiger partial charge in [0, 0.05) is 37.0 Å². The lowest BCUT2D eigenvalue weighted by Crippen LogP contribution is -2.25. The topological polar surface area (TPSA) is 74.8 Å². The second kappa shape index (κ2) is 8.34. The molecule has 0 N–H and O–H groups in total. The van der Waals surface area contributed by atoms with Crippen molar-refractivity contribution < 1.29 is 13.5 Å². The summed E-state index contributed by atoms with van der Waals surface area (Å²) in [7, 11) is 1.68. The van der Waals surface area contributed by atoms with Crippen LogP contribution in [0.15, 0.2) is 41.5 Å². The molecule has 6 rings (SSSR count). The van der Waals surface area contributed by atoms with Crippen LogP contribution >= 0.6 is 0 Å². The smallest absolute Gasteiger partial charge is 0.263 e. The SMILES string of the molecule is Cc1nc2nc(-c3ccc(F)cc3F)cc([C@@H]3CCOC(c4cnn(C5CC5)c4)C3)c2c(=O)n1C. The molecule has 2 aliphatic rings. The maximum absolute atomic E-state index is 14.7. The van der Waals surface area contributed by atoms with E-state index in [9.17, 15) is 13.6 Å². The molecular formula is C26H25F2N5O2. The molecule has 0 bridgehead atoms. The third-order valence-electron chi connectivity index (χ3n) is 7.15. The van der Waals surface area contributed by atoms with Crippen molar-refractivity contribution in [3.05, 3.63) is 75.6 Å². The second-order valence-corrected chi connectivity index (χ2v) is 9.51. The van der Waals surface area contributed by atoms with Gasteiger partial charge in [0.15, 0.2) is 5.65 Å². The quantitative estimate of drug-likeness (QED) is 0.424. The lowest BCUT2D eigenvalue weighted by atomic mass is 9.85. The molecule has 2 atom stereocenters. The van der Waals surface area contributed by atoms with Crippen molar-refractivity contribution in [1.29, 1.82) is 0 Å². The first-order chi connectivity index (χ1) is 16.9. The Labute approximate surface area is 200 Å². The van der Waals surface area contributed by atoms with E-state index < -0.39 is 11.6 Å². The van der Waals surface area contributed by atoms with Crippen LogP contribution in [-0.4, -0.2) is 30.9 Å². The minimum atomic E-state index is -0.708. The van der Waals surface area contributed by atoms with E-state index in [-0.39, 0.29) is 28.8 Å². The molecule has 1 aliphatic carbocycles. The molecule has 1 aromatic carbocycles. The normalized spacial score (nSPS) is 20.5. The van der Waals surface area contributed by atoms with Gasteiger partial charge >= 0.3 is 0 Å². The number of fused-ring (bicyclic) bond motifs is 1. The van der Waals surface area contributed by atoms with Crippen LogP contribution in [0.4, 0.5) is 8.78 Å². The van der Waals surface area contributed by atoms with Crippen molar-refractivity contribution in [2.24, 2.45) is 7.05 Å². The molecule has 0 radical (unpaired) electrons. The highest BCUT2D eigenvalue weighted by molar-refractivity contribution is 5.82. The lowest BCUT2D eigenvalue weighted by molar-refractivity contribution is 0.00541. The Balaban J connectivity index is 1.47. The average molecular weight is 478 g/mol. The molecule has 1 aliphatic heterocycles. The first kappa shape index (κ1) is 22.0. The standard InChI is InChI=1S/C26H25F2N5O2/c1-14-30-25-24(26(34)32(14)2)20(11-22(31-25)19-6-3-17(27)10-21(19)28)15-7-8-35-23(9-15)16-12-29-33(13-16)18-4-5-18/h3,6,10-13,15,18,23H,4-5,7-9H2,1-2H3/t15-,23?/m1/s1. The van der Waals surface area contributed by atoms with Gasteiger partial charge in [-0.1, -0.05) is 0 Å². The van der Waals surface area contributed by atoms with Crippen molar-refractivity contribution in [2.75, 3.05) is 6.61 Å². The number of rotatable bonds is 4. The van der Waals surface area contributed by atoms with Gasteiger partial charge in [-0.05, 0) is 62.3 Å². The highest BCUT2D eigenvalue weighted by Crippen LogP contribution is 2.41. The predicted octanol–water partition coefficient (Wildman–Crippen LogP) is 4.75. The fraction of sp³-hybridized carbons (Fsp3) is 0.385. The highest BCUT2D eigenvalue weighted by Gasteiger charge is 2.31. The van der Waals surface area contributed by atoms with Crippen LogP contribution in [0.3, 0.4) is 0 Å². The first-order valence-corrected chi connectivity index (χ1v) is 11.9. The van der Waals surface area contributed by atoms with Gasteiger partial charge in [-0.3, -0.25) is 14.0 Å². The Morgan fingerprint density at radius 3 is 2.71 bits per heavy atom. The molecule has 7 nitrogen and oxygen atoms in total. The van der Waals surface area contributed by atoms with Gasteiger partial charge in [-0.15, -0.1) is 0 Å². The molecule has 1 unspecified atom stereocenters. The fourth-order valence-corrected chi connectivity index (χ4v) is 4.92. The molecule has 0 amide bonds. The van der Waals surface area contributed by atoms with Crippen molar-refractivity contribution in [3.8, 4) is 11.3 Å². The summed E-state index contributed by atoms with van der Waals surface area (Å²) in [6.07, 6.45) is 7.41. The van der Waals surface area contributed by atoms with Crippen LogP contribution in [0, 0.1) is 18.6 Å². The summed E-state index contributed by atoms with van der Waals surface area (Å²) >= 11 is 0. The van der Waals surface area contributed by atoms with E-state index in [1.165, 1.54) is 16.7 Å². The van der Waals surface area contributed by atoms with E-state index >= 15 is 0 Å². The Morgan fingerprint density at radius 2 is 1.94 bits per heavy atom. The second-order valence-electron chi connectivity index (χ2n) is 9.51. The summed E-state index contributed by atoms with van der Waals surface area (Å²) in [6.45, 7) is 2.25. The molecular weight excluding hydrogens is 452 g/mol. The summed E-state index contributed by atoms with van der Waals surface area (Å²) in [4.78, 5) is 22.4. The third-order valence-corrected chi connectivity index (χ3v) is 7.15. The van der Waals surface area contributed by atoms with Crippen molar-refractivity contribution in [2.45, 2.75) is 50.7 Å². The molecule has 180 valence electrons. The predicted molar refractivity (Wildman–Crippen MR) is 126 cm³/mol. The van der Waals surface area contributed by atoms with Gasteiger partial charge in [0.2, 0.25) is 0 Å². The third kappa shape index (κ3) is 3.93. The summed E-state index contributed by atoms with van der Waals surface area (Å²) in [6, 6.07) is 5.66. The van der Waals surface area contributed by atoms with Gasteiger partial charge in [-0.2, -0.15) is 5.10 Å². The lowest BCUT2D eigenvalue weighted by Gasteiger charge is -2.30. The zero-order valence-corrected chi connectivity index (χ0v) is 19.5. The van der Waals surface area contributed by atoms with E-state index in [1.54, 1.807) is 20.0 Å². The molecule has 4 heterocycles. The minimum Gasteiger partial charge on any atom is -0.373 e. The maximum atomic E-state index is 14.7. The van der Waals surface area contributed by atoms with Gasteiger partial charge in [0.25, 0.3) is 5.56 Å². The monoisotopic (exact) mass is 477 g/mol.